The third kappa shape index (κ3) is 3.19. The number of pyridine rings is 1. The second kappa shape index (κ2) is 6.18. The average molecular weight is 300 g/mol. The number of carbonyl (C=O) groups excluding carboxylic acids is 1. The topological polar surface area (TPSA) is 47.2 Å². The molecule has 0 atom stereocenters. The molecule has 0 saturated carbocycles. The fourth-order valence-electron chi connectivity index (χ4n) is 2.46. The van der Waals surface area contributed by atoms with Crippen LogP contribution in [0.2, 0.25) is 0 Å². The van der Waals surface area contributed by atoms with Crippen LogP contribution < -0.4 is 4.73 Å². The van der Waals surface area contributed by atoms with Crippen molar-refractivity contribution in [1.82, 2.24) is 4.90 Å². The third-order valence-corrected chi connectivity index (χ3v) is 4.62. The molecule has 1 amide bonds. The average Bonchev–Trinajstić information content (AvgIpc) is 2.53. The number of aromatic nitrogens is 1. The van der Waals surface area contributed by atoms with E-state index in [9.17, 15) is 10.0 Å². The van der Waals surface area contributed by atoms with Crippen LogP contribution >= 0.6 is 11.8 Å². The molecular weight excluding hydrogens is 284 g/mol. The van der Waals surface area contributed by atoms with Crippen LogP contribution in [0.3, 0.4) is 0 Å². The Bertz CT molecular complexity index is 660. The first kappa shape index (κ1) is 13.9. The van der Waals surface area contributed by atoms with Gasteiger partial charge in [0.15, 0.2) is 6.20 Å². The van der Waals surface area contributed by atoms with Crippen molar-refractivity contribution in [2.45, 2.75) is 18.0 Å². The third-order valence-electron chi connectivity index (χ3n) is 3.62. The van der Waals surface area contributed by atoms with Crippen molar-refractivity contribution >= 4 is 17.7 Å². The molecule has 2 aromatic rings. The van der Waals surface area contributed by atoms with Crippen molar-refractivity contribution < 1.29 is 9.52 Å². The Morgan fingerprint density at radius 1 is 1.19 bits per heavy atom. The van der Waals surface area contributed by atoms with Gasteiger partial charge in [-0.2, -0.15) is 4.73 Å². The van der Waals surface area contributed by atoms with Gasteiger partial charge in [0.2, 0.25) is 5.91 Å². The maximum Gasteiger partial charge on any atom is 0.251 e. The molecule has 2 heterocycles. The molecule has 21 heavy (non-hydrogen) atoms. The molecule has 3 rings (SSSR count). The molecule has 1 aromatic carbocycles. The Hall–Kier alpha value is -2.01. The predicted octanol–water partition coefficient (Wildman–Crippen LogP) is 2.00. The summed E-state index contributed by atoms with van der Waals surface area (Å²) in [6.45, 7) is 1.42. The van der Waals surface area contributed by atoms with Crippen LogP contribution in [0.15, 0.2) is 53.7 Å². The highest BCUT2D eigenvalue weighted by Gasteiger charge is 2.21. The summed E-state index contributed by atoms with van der Waals surface area (Å²) in [5, 5.41) is 12.1. The lowest BCUT2D eigenvalue weighted by Crippen LogP contribution is -2.37. The fourth-order valence-corrected chi connectivity index (χ4v) is 3.28. The molecule has 0 fully saturated rings. The number of hydrogen-bond acceptors (Lipinski definition) is 3. The largest absolute Gasteiger partial charge is 0.618 e. The molecule has 0 unspecified atom stereocenters. The number of thioether (sulfide) groups is 1. The van der Waals surface area contributed by atoms with E-state index in [0.717, 1.165) is 17.7 Å². The maximum absolute atomic E-state index is 12.3. The van der Waals surface area contributed by atoms with E-state index in [0.29, 0.717) is 17.3 Å². The lowest BCUT2D eigenvalue weighted by Gasteiger charge is -2.28. The van der Waals surface area contributed by atoms with E-state index >= 15 is 0 Å². The zero-order valence-electron chi connectivity index (χ0n) is 11.6. The summed E-state index contributed by atoms with van der Waals surface area (Å²) in [6, 6.07) is 13.5. The van der Waals surface area contributed by atoms with Crippen LogP contribution in [0, 0.1) is 5.21 Å². The van der Waals surface area contributed by atoms with Gasteiger partial charge in [-0.05, 0) is 35.4 Å². The van der Waals surface area contributed by atoms with Gasteiger partial charge >= 0.3 is 0 Å². The van der Waals surface area contributed by atoms with Gasteiger partial charge in [0.1, 0.15) is 0 Å². The van der Waals surface area contributed by atoms with E-state index in [1.165, 1.54) is 29.1 Å². The standard InChI is InChI=1S/C16H16N2O2S/c19-15(12-21-16-7-3-4-9-18(16)20)17-10-8-13-5-1-2-6-14(13)11-17/h1-7,9H,8,10-12H2. The molecule has 1 aromatic heterocycles. The van der Waals surface area contributed by atoms with E-state index in [-0.39, 0.29) is 5.91 Å². The first-order valence-corrected chi connectivity index (χ1v) is 7.88. The minimum atomic E-state index is 0.0818. The molecule has 0 radical (unpaired) electrons. The zero-order valence-corrected chi connectivity index (χ0v) is 12.4. The Morgan fingerprint density at radius 3 is 2.76 bits per heavy atom. The highest BCUT2D eigenvalue weighted by atomic mass is 32.2. The molecule has 4 nitrogen and oxygen atoms in total. The van der Waals surface area contributed by atoms with Crippen molar-refractivity contribution in [3.05, 3.63) is 65.0 Å². The molecule has 0 spiro atoms. The van der Waals surface area contributed by atoms with Crippen LogP contribution in [-0.4, -0.2) is 23.1 Å². The van der Waals surface area contributed by atoms with Crippen molar-refractivity contribution in [1.29, 1.82) is 0 Å². The van der Waals surface area contributed by atoms with Gasteiger partial charge in [-0.25, -0.2) is 0 Å². The first-order chi connectivity index (χ1) is 10.2. The maximum atomic E-state index is 12.3. The van der Waals surface area contributed by atoms with Crippen LogP contribution in [-0.2, 0) is 17.8 Å². The van der Waals surface area contributed by atoms with Crippen LogP contribution in [0.5, 0.6) is 0 Å². The Kier molecular flexibility index (Phi) is 4.10. The highest BCUT2D eigenvalue weighted by Crippen LogP contribution is 2.20. The monoisotopic (exact) mass is 300 g/mol. The minimum Gasteiger partial charge on any atom is -0.618 e. The summed E-state index contributed by atoms with van der Waals surface area (Å²) in [4.78, 5) is 14.2. The highest BCUT2D eigenvalue weighted by molar-refractivity contribution is 7.99. The molecule has 1 aliphatic rings. The quantitative estimate of drug-likeness (QED) is 0.495. The smallest absolute Gasteiger partial charge is 0.251 e. The normalized spacial score (nSPS) is 13.8. The van der Waals surface area contributed by atoms with E-state index in [1.807, 2.05) is 17.0 Å². The first-order valence-electron chi connectivity index (χ1n) is 6.89. The van der Waals surface area contributed by atoms with Crippen LogP contribution in [0.25, 0.3) is 0 Å². The number of fused-ring (bicyclic) bond motifs is 1. The Balaban J connectivity index is 1.61. The second-order valence-electron chi connectivity index (χ2n) is 4.99. The molecular formula is C16H16N2O2S. The van der Waals surface area contributed by atoms with Gasteiger partial charge < -0.3 is 10.1 Å². The molecule has 5 heteroatoms. The summed E-state index contributed by atoms with van der Waals surface area (Å²) in [6.07, 6.45) is 2.35. The number of rotatable bonds is 3. The molecule has 0 aliphatic carbocycles. The SMILES string of the molecule is O=C(CSc1cccc[n+]1[O-])N1CCc2ccccc2C1. The van der Waals surface area contributed by atoms with Gasteiger partial charge in [0.25, 0.3) is 5.03 Å². The summed E-state index contributed by atoms with van der Waals surface area (Å²) >= 11 is 1.29. The lowest BCUT2D eigenvalue weighted by atomic mass is 10.00. The summed E-state index contributed by atoms with van der Waals surface area (Å²) in [7, 11) is 0. The molecule has 0 N–H and O–H groups in total. The van der Waals surface area contributed by atoms with E-state index in [4.69, 9.17) is 0 Å². The van der Waals surface area contributed by atoms with Crippen molar-refractivity contribution in [2.24, 2.45) is 0 Å². The number of benzene rings is 1. The molecule has 108 valence electrons. The van der Waals surface area contributed by atoms with Crippen molar-refractivity contribution in [3.8, 4) is 0 Å². The van der Waals surface area contributed by atoms with Gasteiger partial charge in [-0.15, -0.1) is 0 Å². The van der Waals surface area contributed by atoms with E-state index < -0.39 is 0 Å². The van der Waals surface area contributed by atoms with Gasteiger partial charge in [-0.1, -0.05) is 24.3 Å². The van der Waals surface area contributed by atoms with Crippen molar-refractivity contribution in [2.75, 3.05) is 12.3 Å². The van der Waals surface area contributed by atoms with Crippen molar-refractivity contribution in [3.63, 3.8) is 0 Å². The number of amides is 1. The minimum absolute atomic E-state index is 0.0818. The molecule has 0 saturated heterocycles. The van der Waals surface area contributed by atoms with Gasteiger partial charge in [0.05, 0.1) is 5.75 Å². The molecule has 1 aliphatic heterocycles. The zero-order chi connectivity index (χ0) is 14.7. The molecule has 0 bridgehead atoms. The van der Waals surface area contributed by atoms with Gasteiger partial charge in [0, 0.05) is 25.2 Å². The van der Waals surface area contributed by atoms with Crippen LogP contribution in [0.1, 0.15) is 11.1 Å². The number of hydrogen-bond donors (Lipinski definition) is 0. The second-order valence-corrected chi connectivity index (χ2v) is 5.98. The summed E-state index contributed by atoms with van der Waals surface area (Å²) < 4.78 is 0.795. The van der Waals surface area contributed by atoms with Gasteiger partial charge in [-0.3, -0.25) is 4.79 Å². The van der Waals surface area contributed by atoms with E-state index in [1.54, 1.807) is 18.2 Å². The number of carbonyl (C=O) groups is 1. The Labute approximate surface area is 128 Å². The van der Waals surface area contributed by atoms with E-state index in [2.05, 4.69) is 12.1 Å². The fraction of sp³-hybridized carbons (Fsp3) is 0.250. The summed E-state index contributed by atoms with van der Waals surface area (Å²) in [5.74, 6) is 0.382. The van der Waals surface area contributed by atoms with Crippen LogP contribution in [0.4, 0.5) is 0 Å². The summed E-state index contributed by atoms with van der Waals surface area (Å²) in [5.41, 5.74) is 2.55. The lowest BCUT2D eigenvalue weighted by molar-refractivity contribution is -0.645. The predicted molar refractivity (Wildman–Crippen MR) is 81.7 cm³/mol. The number of nitrogens with zero attached hydrogens (tertiary/aromatic N) is 2. The Morgan fingerprint density at radius 2 is 1.95 bits per heavy atom.